The van der Waals surface area contributed by atoms with E-state index in [-0.39, 0.29) is 0 Å². The van der Waals surface area contributed by atoms with Crippen LogP contribution in [0.3, 0.4) is 0 Å². The van der Waals surface area contributed by atoms with Crippen LogP contribution in [0.25, 0.3) is 0 Å². The molecular formula is C27H38N2O2S. The number of azo groups is 1. The molecule has 174 valence electrons. The first-order valence-corrected chi connectivity index (χ1v) is 13.5. The van der Waals surface area contributed by atoms with Crippen LogP contribution in [0, 0.1) is 25.7 Å². The minimum absolute atomic E-state index is 0.329. The molecule has 0 unspecified atom stereocenters. The molecule has 0 heterocycles. The molecule has 1 saturated carbocycles. The SMILES string of the molecule is Cc1cc(N=Nc2ccccc2C)ccc1CCC1CCC(CS(=O)(=O)C(C)(C)C)CC1. The van der Waals surface area contributed by atoms with Crippen LogP contribution in [0.5, 0.6) is 0 Å². The van der Waals surface area contributed by atoms with Gasteiger partial charge in [0, 0.05) is 0 Å². The Balaban J connectivity index is 1.50. The van der Waals surface area contributed by atoms with Crippen LogP contribution in [-0.2, 0) is 16.3 Å². The summed E-state index contributed by atoms with van der Waals surface area (Å²) in [6.07, 6.45) is 6.60. The van der Waals surface area contributed by atoms with Crippen molar-refractivity contribution in [2.75, 3.05) is 5.75 Å². The van der Waals surface area contributed by atoms with Crippen LogP contribution in [0.4, 0.5) is 11.4 Å². The first-order valence-electron chi connectivity index (χ1n) is 11.8. The number of hydrogen-bond acceptors (Lipinski definition) is 4. The lowest BCUT2D eigenvalue weighted by Crippen LogP contribution is -2.34. The van der Waals surface area contributed by atoms with E-state index in [1.807, 2.05) is 52.0 Å². The first-order chi connectivity index (χ1) is 15.0. The second-order valence-corrected chi connectivity index (χ2v) is 13.2. The predicted molar refractivity (Wildman–Crippen MR) is 134 cm³/mol. The second-order valence-electron chi connectivity index (χ2n) is 10.4. The summed E-state index contributed by atoms with van der Waals surface area (Å²) in [5.41, 5.74) is 5.54. The highest BCUT2D eigenvalue weighted by Gasteiger charge is 2.33. The molecule has 2 aromatic carbocycles. The lowest BCUT2D eigenvalue weighted by atomic mass is 9.80. The molecule has 1 fully saturated rings. The van der Waals surface area contributed by atoms with E-state index in [0.717, 1.165) is 49.0 Å². The molecule has 4 nitrogen and oxygen atoms in total. The molecule has 0 N–H and O–H groups in total. The molecular weight excluding hydrogens is 416 g/mol. The molecule has 0 bridgehead atoms. The van der Waals surface area contributed by atoms with E-state index in [4.69, 9.17) is 0 Å². The Labute approximate surface area is 194 Å². The van der Waals surface area contributed by atoms with Crippen LogP contribution in [0.1, 0.15) is 69.6 Å². The zero-order valence-electron chi connectivity index (χ0n) is 20.3. The molecule has 0 amide bonds. The second kappa shape index (κ2) is 10.3. The van der Waals surface area contributed by atoms with Crippen molar-refractivity contribution in [3.63, 3.8) is 0 Å². The van der Waals surface area contributed by atoms with Gasteiger partial charge in [0.25, 0.3) is 0 Å². The van der Waals surface area contributed by atoms with E-state index in [0.29, 0.717) is 17.6 Å². The summed E-state index contributed by atoms with van der Waals surface area (Å²) in [7, 11) is -3.02. The average Bonchev–Trinajstić information content (AvgIpc) is 2.72. The van der Waals surface area contributed by atoms with Gasteiger partial charge in [-0.15, -0.1) is 0 Å². The van der Waals surface area contributed by atoms with E-state index >= 15 is 0 Å². The number of hydrogen-bond donors (Lipinski definition) is 0. The van der Waals surface area contributed by atoms with E-state index in [2.05, 4.69) is 35.4 Å². The molecule has 0 saturated heterocycles. The summed E-state index contributed by atoms with van der Waals surface area (Å²) in [5, 5.41) is 8.82. The summed E-state index contributed by atoms with van der Waals surface area (Å²) in [6, 6.07) is 14.4. The Bertz CT molecular complexity index is 1040. The van der Waals surface area contributed by atoms with Crippen LogP contribution in [0.15, 0.2) is 52.7 Å². The molecule has 3 rings (SSSR count). The van der Waals surface area contributed by atoms with Crippen molar-refractivity contribution in [3.8, 4) is 0 Å². The van der Waals surface area contributed by atoms with E-state index in [9.17, 15) is 8.42 Å². The molecule has 1 aliphatic rings. The Morgan fingerprint density at radius 1 is 0.875 bits per heavy atom. The maximum Gasteiger partial charge on any atom is 0.155 e. The fourth-order valence-corrected chi connectivity index (χ4v) is 5.87. The molecule has 0 radical (unpaired) electrons. The number of aryl methyl sites for hydroxylation is 3. The summed E-state index contributed by atoms with van der Waals surface area (Å²) in [5.74, 6) is 1.37. The van der Waals surface area contributed by atoms with Crippen molar-refractivity contribution in [2.24, 2.45) is 22.1 Å². The Morgan fingerprint density at radius 3 is 2.16 bits per heavy atom. The predicted octanol–water partition coefficient (Wildman–Crippen LogP) is 7.67. The van der Waals surface area contributed by atoms with E-state index in [1.54, 1.807) is 0 Å². The van der Waals surface area contributed by atoms with Gasteiger partial charge in [0.1, 0.15) is 0 Å². The maximum atomic E-state index is 12.5. The molecule has 1 aliphatic carbocycles. The summed E-state index contributed by atoms with van der Waals surface area (Å²) in [6.45, 7) is 9.62. The van der Waals surface area contributed by atoms with Crippen LogP contribution in [-0.4, -0.2) is 18.9 Å². The van der Waals surface area contributed by atoms with Gasteiger partial charge in [-0.1, -0.05) is 37.1 Å². The van der Waals surface area contributed by atoms with Crippen molar-refractivity contribution in [3.05, 3.63) is 59.2 Å². The van der Waals surface area contributed by atoms with E-state index < -0.39 is 14.6 Å². The first kappa shape index (κ1) is 24.6. The van der Waals surface area contributed by atoms with Gasteiger partial charge >= 0.3 is 0 Å². The minimum atomic E-state index is -3.02. The Morgan fingerprint density at radius 2 is 1.53 bits per heavy atom. The van der Waals surface area contributed by atoms with Gasteiger partial charge in [-0.2, -0.15) is 10.2 Å². The van der Waals surface area contributed by atoms with Gasteiger partial charge < -0.3 is 0 Å². The average molecular weight is 455 g/mol. The number of sulfone groups is 1. The standard InChI is InChI=1S/C27H38N2O2S/c1-20-8-6-7-9-26(20)29-28-25-17-16-24(21(2)18-25)15-14-22-10-12-23(13-11-22)19-32(30,31)27(3,4)5/h6-9,16-18,22-23H,10-15,19H2,1-5H3. The van der Waals surface area contributed by atoms with Crippen molar-refractivity contribution >= 4 is 21.2 Å². The van der Waals surface area contributed by atoms with Crippen LogP contribution >= 0.6 is 0 Å². The zero-order chi connectivity index (χ0) is 23.4. The van der Waals surface area contributed by atoms with Gasteiger partial charge in [-0.05, 0) is 107 Å². The fraction of sp³-hybridized carbons (Fsp3) is 0.556. The summed E-state index contributed by atoms with van der Waals surface area (Å²) in [4.78, 5) is 0. The highest BCUT2D eigenvalue weighted by molar-refractivity contribution is 7.92. The largest absolute Gasteiger partial charge is 0.228 e. The Hall–Kier alpha value is -2.01. The molecule has 5 heteroatoms. The number of benzene rings is 2. The third kappa shape index (κ3) is 6.50. The molecule has 0 spiro atoms. The molecule has 2 aromatic rings. The monoisotopic (exact) mass is 454 g/mol. The van der Waals surface area contributed by atoms with Gasteiger partial charge in [0.2, 0.25) is 0 Å². The van der Waals surface area contributed by atoms with Gasteiger partial charge in [0.05, 0.1) is 21.9 Å². The normalized spacial score (nSPS) is 20.0. The third-order valence-corrected chi connectivity index (χ3v) is 9.67. The smallest absolute Gasteiger partial charge is 0.155 e. The fourth-order valence-electron chi connectivity index (χ4n) is 4.42. The van der Waals surface area contributed by atoms with Crippen LogP contribution in [0.2, 0.25) is 0 Å². The molecule has 32 heavy (non-hydrogen) atoms. The number of nitrogens with zero attached hydrogens (tertiary/aromatic N) is 2. The molecule has 0 atom stereocenters. The van der Waals surface area contributed by atoms with Crippen molar-refractivity contribution in [1.82, 2.24) is 0 Å². The quantitative estimate of drug-likeness (QED) is 0.403. The van der Waals surface area contributed by atoms with Crippen LogP contribution < -0.4 is 0 Å². The van der Waals surface area contributed by atoms with Gasteiger partial charge in [-0.3, -0.25) is 0 Å². The highest BCUT2D eigenvalue weighted by Crippen LogP contribution is 2.34. The maximum absolute atomic E-state index is 12.5. The van der Waals surface area contributed by atoms with Gasteiger partial charge in [0.15, 0.2) is 9.84 Å². The lowest BCUT2D eigenvalue weighted by molar-refractivity contribution is 0.278. The summed E-state index contributed by atoms with van der Waals surface area (Å²) >= 11 is 0. The third-order valence-electron chi connectivity index (χ3n) is 6.89. The van der Waals surface area contributed by atoms with Gasteiger partial charge in [-0.25, -0.2) is 8.42 Å². The number of rotatable bonds is 7. The topological polar surface area (TPSA) is 58.9 Å². The van der Waals surface area contributed by atoms with Crippen molar-refractivity contribution in [2.45, 2.75) is 77.9 Å². The summed E-state index contributed by atoms with van der Waals surface area (Å²) < 4.78 is 24.4. The Kier molecular flexibility index (Phi) is 7.92. The highest BCUT2D eigenvalue weighted by atomic mass is 32.2. The zero-order valence-corrected chi connectivity index (χ0v) is 21.1. The molecule has 0 aromatic heterocycles. The molecule has 0 aliphatic heterocycles. The lowest BCUT2D eigenvalue weighted by Gasteiger charge is -2.30. The minimum Gasteiger partial charge on any atom is -0.228 e. The van der Waals surface area contributed by atoms with Crippen molar-refractivity contribution in [1.29, 1.82) is 0 Å². The van der Waals surface area contributed by atoms with Crippen molar-refractivity contribution < 1.29 is 8.42 Å². The van der Waals surface area contributed by atoms with E-state index in [1.165, 1.54) is 17.5 Å².